The zero-order valence-electron chi connectivity index (χ0n) is 12.5. The van der Waals surface area contributed by atoms with E-state index in [1.807, 2.05) is 19.1 Å². The molecule has 0 radical (unpaired) electrons. The van der Waals surface area contributed by atoms with Gasteiger partial charge in [-0.3, -0.25) is 0 Å². The maximum absolute atomic E-state index is 10.3. The number of halogens is 2. The summed E-state index contributed by atoms with van der Waals surface area (Å²) in [5, 5.41) is 13.6. The van der Waals surface area contributed by atoms with Crippen LogP contribution in [0.15, 0.2) is 21.1 Å². The first-order valence-electron chi connectivity index (χ1n) is 6.70. The highest BCUT2D eigenvalue weighted by Crippen LogP contribution is 2.34. The molecule has 0 aromatic heterocycles. The molecule has 1 aromatic carbocycles. The van der Waals surface area contributed by atoms with Crippen LogP contribution in [-0.4, -0.2) is 24.4 Å². The number of nitrogens with one attached hydrogen (secondary N) is 1. The first-order chi connectivity index (χ1) is 9.25. The zero-order valence-corrected chi connectivity index (χ0v) is 15.6. The molecule has 1 rings (SSSR count). The minimum atomic E-state index is -0.672. The van der Waals surface area contributed by atoms with Crippen molar-refractivity contribution in [2.45, 2.75) is 39.3 Å². The average Bonchev–Trinajstić information content (AvgIpc) is 2.26. The molecule has 1 aromatic rings. The Kier molecular flexibility index (Phi) is 6.98. The summed E-state index contributed by atoms with van der Waals surface area (Å²) in [6, 6.07) is 4.04. The Bertz CT molecular complexity index is 424. The van der Waals surface area contributed by atoms with Gasteiger partial charge in [-0.2, -0.15) is 0 Å². The van der Waals surface area contributed by atoms with Crippen molar-refractivity contribution in [2.75, 3.05) is 13.7 Å². The van der Waals surface area contributed by atoms with Crippen LogP contribution in [0.5, 0.6) is 5.75 Å². The third kappa shape index (κ3) is 5.72. The van der Waals surface area contributed by atoms with E-state index in [-0.39, 0.29) is 0 Å². The van der Waals surface area contributed by atoms with Gasteiger partial charge in [0.05, 0.1) is 21.7 Å². The van der Waals surface area contributed by atoms with Crippen molar-refractivity contribution in [2.24, 2.45) is 5.92 Å². The fraction of sp³-hybridized carbons (Fsp3) is 0.600. The van der Waals surface area contributed by atoms with E-state index >= 15 is 0 Å². The molecule has 2 N–H and O–H groups in total. The van der Waals surface area contributed by atoms with Gasteiger partial charge >= 0.3 is 0 Å². The fourth-order valence-corrected chi connectivity index (χ4v) is 3.94. The topological polar surface area (TPSA) is 41.5 Å². The Hall–Kier alpha value is -0.100. The molecule has 0 saturated carbocycles. The first-order valence-corrected chi connectivity index (χ1v) is 8.29. The van der Waals surface area contributed by atoms with Crippen LogP contribution in [0.1, 0.15) is 32.8 Å². The van der Waals surface area contributed by atoms with E-state index in [1.165, 1.54) is 0 Å². The van der Waals surface area contributed by atoms with Crippen molar-refractivity contribution in [3.63, 3.8) is 0 Å². The lowest BCUT2D eigenvalue weighted by molar-refractivity contribution is 0.0383. The van der Waals surface area contributed by atoms with Gasteiger partial charge in [-0.15, -0.1) is 0 Å². The second-order valence-electron chi connectivity index (χ2n) is 5.79. The summed E-state index contributed by atoms with van der Waals surface area (Å²) in [4.78, 5) is 0. The molecule has 0 spiro atoms. The normalized spacial score (nSPS) is 14.4. The van der Waals surface area contributed by atoms with Gasteiger partial charge in [0.1, 0.15) is 5.75 Å². The molecule has 1 atom stereocenters. The quantitative estimate of drug-likeness (QED) is 0.713. The van der Waals surface area contributed by atoms with Crippen molar-refractivity contribution in [3.05, 3.63) is 26.6 Å². The maximum Gasteiger partial charge on any atom is 0.147 e. The molecule has 20 heavy (non-hydrogen) atoms. The number of hydrogen-bond acceptors (Lipinski definition) is 3. The summed E-state index contributed by atoms with van der Waals surface area (Å²) < 4.78 is 7.11. The molecule has 0 fully saturated rings. The van der Waals surface area contributed by atoms with Crippen LogP contribution >= 0.6 is 31.9 Å². The van der Waals surface area contributed by atoms with Gasteiger partial charge in [-0.05, 0) is 68.8 Å². The summed E-state index contributed by atoms with van der Waals surface area (Å²) in [5.74, 6) is 1.27. The van der Waals surface area contributed by atoms with Crippen LogP contribution in [0.4, 0.5) is 0 Å². The largest absolute Gasteiger partial charge is 0.494 e. The molecular weight excluding hydrogens is 386 g/mol. The number of methoxy groups -OCH3 is 1. The van der Waals surface area contributed by atoms with Crippen molar-refractivity contribution in [3.8, 4) is 5.75 Å². The number of rotatable bonds is 7. The molecule has 114 valence electrons. The number of ether oxygens (including phenoxy) is 1. The molecule has 5 heteroatoms. The predicted molar refractivity (Wildman–Crippen MR) is 90.2 cm³/mol. The molecule has 0 amide bonds. The second-order valence-corrected chi connectivity index (χ2v) is 7.50. The fourth-order valence-electron chi connectivity index (χ4n) is 2.34. The monoisotopic (exact) mass is 407 g/mol. The molecular formula is C15H23Br2NO2. The zero-order chi connectivity index (χ0) is 15.3. The van der Waals surface area contributed by atoms with Crippen LogP contribution in [-0.2, 0) is 6.54 Å². The molecule has 0 aliphatic heterocycles. The van der Waals surface area contributed by atoms with Gasteiger partial charge in [0.15, 0.2) is 0 Å². The first kappa shape index (κ1) is 18.0. The summed E-state index contributed by atoms with van der Waals surface area (Å²) >= 11 is 6.98. The molecule has 0 aliphatic rings. The third-order valence-corrected chi connectivity index (χ3v) is 4.12. The van der Waals surface area contributed by atoms with E-state index in [4.69, 9.17) is 4.74 Å². The van der Waals surface area contributed by atoms with Gasteiger partial charge in [0.25, 0.3) is 0 Å². The molecule has 0 saturated heterocycles. The lowest BCUT2D eigenvalue weighted by Crippen LogP contribution is -2.38. The minimum Gasteiger partial charge on any atom is -0.494 e. The minimum absolute atomic E-state index is 0.482. The standard InChI is InChI=1S/C15H23Br2NO2/c1-10(2)7-15(3,19)9-18-8-11-5-12(16)14(20-4)13(17)6-11/h5-6,10,18-19H,7-9H2,1-4H3. The van der Waals surface area contributed by atoms with Crippen LogP contribution in [0, 0.1) is 5.92 Å². The van der Waals surface area contributed by atoms with Gasteiger partial charge < -0.3 is 15.2 Å². The van der Waals surface area contributed by atoms with Crippen LogP contribution < -0.4 is 10.1 Å². The Morgan fingerprint density at radius 2 is 1.85 bits per heavy atom. The highest BCUT2D eigenvalue weighted by atomic mass is 79.9. The van der Waals surface area contributed by atoms with E-state index in [1.54, 1.807) is 7.11 Å². The lowest BCUT2D eigenvalue weighted by Gasteiger charge is -2.25. The third-order valence-electron chi connectivity index (χ3n) is 2.95. The van der Waals surface area contributed by atoms with Crippen molar-refractivity contribution >= 4 is 31.9 Å². The van der Waals surface area contributed by atoms with Crippen LogP contribution in [0.3, 0.4) is 0 Å². The van der Waals surface area contributed by atoms with E-state index in [0.717, 1.165) is 26.7 Å². The van der Waals surface area contributed by atoms with Crippen molar-refractivity contribution in [1.29, 1.82) is 0 Å². The lowest BCUT2D eigenvalue weighted by atomic mass is 9.94. The van der Waals surface area contributed by atoms with E-state index < -0.39 is 5.60 Å². The van der Waals surface area contributed by atoms with E-state index in [2.05, 4.69) is 51.0 Å². The Morgan fingerprint density at radius 3 is 2.30 bits per heavy atom. The van der Waals surface area contributed by atoms with Gasteiger partial charge in [-0.1, -0.05) is 13.8 Å². The van der Waals surface area contributed by atoms with Crippen LogP contribution in [0.25, 0.3) is 0 Å². The number of benzene rings is 1. The molecule has 3 nitrogen and oxygen atoms in total. The van der Waals surface area contributed by atoms with Crippen LogP contribution in [0.2, 0.25) is 0 Å². The highest BCUT2D eigenvalue weighted by Gasteiger charge is 2.21. The molecule has 0 heterocycles. The maximum atomic E-state index is 10.3. The number of aliphatic hydroxyl groups is 1. The molecule has 1 unspecified atom stereocenters. The SMILES string of the molecule is COc1c(Br)cc(CNCC(C)(O)CC(C)C)cc1Br. The van der Waals surface area contributed by atoms with Gasteiger partial charge in [0.2, 0.25) is 0 Å². The van der Waals surface area contributed by atoms with Crippen molar-refractivity contribution < 1.29 is 9.84 Å². The predicted octanol–water partition coefficient (Wildman–Crippen LogP) is 4.11. The number of hydrogen-bond donors (Lipinski definition) is 2. The molecule has 0 aliphatic carbocycles. The van der Waals surface area contributed by atoms with E-state index in [0.29, 0.717) is 19.0 Å². The summed E-state index contributed by atoms with van der Waals surface area (Å²) in [5.41, 5.74) is 0.458. The highest BCUT2D eigenvalue weighted by molar-refractivity contribution is 9.11. The smallest absolute Gasteiger partial charge is 0.147 e. The Labute approximate surface area is 138 Å². The molecule has 0 bridgehead atoms. The Balaban J connectivity index is 2.59. The average molecular weight is 409 g/mol. The van der Waals surface area contributed by atoms with Crippen molar-refractivity contribution in [1.82, 2.24) is 5.32 Å². The summed E-state index contributed by atoms with van der Waals surface area (Å²) in [6.45, 7) is 7.39. The summed E-state index contributed by atoms with van der Waals surface area (Å²) in [6.07, 6.45) is 0.788. The van der Waals surface area contributed by atoms with Gasteiger partial charge in [-0.25, -0.2) is 0 Å². The summed E-state index contributed by atoms with van der Waals surface area (Å²) in [7, 11) is 1.64. The Morgan fingerprint density at radius 1 is 1.30 bits per heavy atom. The van der Waals surface area contributed by atoms with E-state index in [9.17, 15) is 5.11 Å². The van der Waals surface area contributed by atoms with Gasteiger partial charge in [0, 0.05) is 13.1 Å². The second kappa shape index (κ2) is 7.78.